The van der Waals surface area contributed by atoms with Crippen molar-refractivity contribution in [3.63, 3.8) is 0 Å². The number of carbonyl (C=O) groups excluding carboxylic acids is 1. The molecule has 1 saturated heterocycles. The number of likely N-dealkylation sites (tertiary alicyclic amines) is 1. The first-order valence-corrected chi connectivity index (χ1v) is 10.8. The summed E-state index contributed by atoms with van der Waals surface area (Å²) in [7, 11) is 2.16. The van der Waals surface area contributed by atoms with Gasteiger partial charge >= 0.3 is 0 Å². The maximum atomic E-state index is 11.9. The Hall–Kier alpha value is -2.51. The second-order valence-corrected chi connectivity index (χ2v) is 8.48. The molecule has 0 unspecified atom stereocenters. The minimum Gasteiger partial charge on any atom is -0.392 e. The molecule has 30 heavy (non-hydrogen) atoms. The zero-order chi connectivity index (χ0) is 21.1. The van der Waals surface area contributed by atoms with E-state index in [-0.39, 0.29) is 12.5 Å². The number of nitrogens with zero attached hydrogens (tertiary/aromatic N) is 4. The number of nitrogens with one attached hydrogen (secondary N) is 1. The van der Waals surface area contributed by atoms with Crippen LogP contribution in [0.5, 0.6) is 0 Å². The van der Waals surface area contributed by atoms with Gasteiger partial charge in [0, 0.05) is 44.5 Å². The molecule has 2 aliphatic heterocycles. The van der Waals surface area contributed by atoms with Crippen molar-refractivity contribution in [2.24, 2.45) is 0 Å². The van der Waals surface area contributed by atoms with Crippen molar-refractivity contribution in [1.82, 2.24) is 19.8 Å². The Bertz CT molecular complexity index is 899. The normalized spacial score (nSPS) is 19.4. The summed E-state index contributed by atoms with van der Waals surface area (Å²) < 4.78 is 0. The number of aliphatic hydroxyl groups excluding tert-OH is 1. The number of piperidine rings is 1. The maximum Gasteiger partial charge on any atom is 0.219 e. The summed E-state index contributed by atoms with van der Waals surface area (Å²) in [5, 5.41) is 12.8. The third kappa shape index (κ3) is 4.63. The molecular formula is C23H31N5O2. The largest absolute Gasteiger partial charge is 0.392 e. The number of amides is 1. The minimum atomic E-state index is 0.0488. The topological polar surface area (TPSA) is 81.6 Å². The number of rotatable bonds is 5. The Kier molecular flexibility index (Phi) is 6.29. The number of aliphatic hydroxyl groups is 1. The van der Waals surface area contributed by atoms with E-state index in [1.165, 1.54) is 6.42 Å². The van der Waals surface area contributed by atoms with E-state index in [2.05, 4.69) is 17.3 Å². The van der Waals surface area contributed by atoms with Gasteiger partial charge in [-0.25, -0.2) is 9.97 Å². The fraction of sp³-hybridized carbons (Fsp3) is 0.522. The fourth-order valence-corrected chi connectivity index (χ4v) is 4.36. The van der Waals surface area contributed by atoms with Gasteiger partial charge < -0.3 is 20.2 Å². The summed E-state index contributed by atoms with van der Waals surface area (Å²) in [6, 6.07) is 7.91. The van der Waals surface area contributed by atoms with Crippen molar-refractivity contribution < 1.29 is 9.90 Å². The van der Waals surface area contributed by atoms with Gasteiger partial charge in [-0.15, -0.1) is 0 Å². The second-order valence-electron chi connectivity index (χ2n) is 8.48. The van der Waals surface area contributed by atoms with E-state index < -0.39 is 0 Å². The first-order valence-electron chi connectivity index (χ1n) is 10.8. The SMILES string of the molecule is CC(=O)N1CCc2nc([C@H]3CCCN(C)C3)nc(NCc3ccc(CO)cc3)c2C1. The number of carbonyl (C=O) groups is 1. The first-order chi connectivity index (χ1) is 14.5. The van der Waals surface area contributed by atoms with Gasteiger partial charge in [-0.1, -0.05) is 24.3 Å². The van der Waals surface area contributed by atoms with Gasteiger partial charge in [-0.05, 0) is 37.6 Å². The lowest BCUT2D eigenvalue weighted by molar-refractivity contribution is -0.129. The van der Waals surface area contributed by atoms with Gasteiger partial charge in [0.2, 0.25) is 5.91 Å². The Morgan fingerprint density at radius 2 is 1.97 bits per heavy atom. The highest BCUT2D eigenvalue weighted by Gasteiger charge is 2.27. The van der Waals surface area contributed by atoms with Crippen LogP contribution in [0.2, 0.25) is 0 Å². The molecule has 2 aliphatic rings. The molecule has 0 bridgehead atoms. The average Bonchev–Trinajstić information content (AvgIpc) is 2.77. The molecule has 2 aromatic rings. The average molecular weight is 410 g/mol. The van der Waals surface area contributed by atoms with Crippen molar-refractivity contribution in [2.75, 3.05) is 32.0 Å². The second kappa shape index (κ2) is 9.10. The van der Waals surface area contributed by atoms with E-state index in [4.69, 9.17) is 9.97 Å². The quantitative estimate of drug-likeness (QED) is 0.789. The van der Waals surface area contributed by atoms with Crippen LogP contribution in [0.15, 0.2) is 24.3 Å². The first kappa shape index (κ1) is 20.8. The molecule has 7 nitrogen and oxygen atoms in total. The van der Waals surface area contributed by atoms with E-state index >= 15 is 0 Å². The van der Waals surface area contributed by atoms with Crippen LogP contribution in [0.4, 0.5) is 5.82 Å². The number of anilines is 1. The van der Waals surface area contributed by atoms with Crippen molar-refractivity contribution >= 4 is 11.7 Å². The number of hydrogen-bond acceptors (Lipinski definition) is 6. The Morgan fingerprint density at radius 1 is 1.20 bits per heavy atom. The van der Waals surface area contributed by atoms with Crippen LogP contribution in [0, 0.1) is 0 Å². The molecule has 1 amide bonds. The monoisotopic (exact) mass is 409 g/mol. The van der Waals surface area contributed by atoms with Crippen LogP contribution in [0.3, 0.4) is 0 Å². The van der Waals surface area contributed by atoms with Crippen molar-refractivity contribution in [3.8, 4) is 0 Å². The molecule has 0 spiro atoms. The summed E-state index contributed by atoms with van der Waals surface area (Å²) in [5.74, 6) is 2.21. The molecule has 0 radical (unpaired) electrons. The summed E-state index contributed by atoms with van der Waals surface area (Å²) in [5.41, 5.74) is 4.14. The number of likely N-dealkylation sites (N-methyl/N-ethyl adjacent to an activating group) is 1. The van der Waals surface area contributed by atoms with E-state index in [1.54, 1.807) is 6.92 Å². The molecule has 4 rings (SSSR count). The highest BCUT2D eigenvalue weighted by molar-refractivity contribution is 5.74. The maximum absolute atomic E-state index is 11.9. The molecule has 1 aromatic heterocycles. The Labute approximate surface area is 178 Å². The lowest BCUT2D eigenvalue weighted by Crippen LogP contribution is -2.36. The lowest BCUT2D eigenvalue weighted by Gasteiger charge is -2.32. The van der Waals surface area contributed by atoms with Gasteiger partial charge in [0.25, 0.3) is 0 Å². The molecule has 1 fully saturated rings. The molecule has 3 heterocycles. The van der Waals surface area contributed by atoms with Gasteiger partial charge in [0.05, 0.1) is 18.8 Å². The molecule has 7 heteroatoms. The van der Waals surface area contributed by atoms with Crippen molar-refractivity contribution in [3.05, 3.63) is 52.5 Å². The van der Waals surface area contributed by atoms with Gasteiger partial charge in [-0.3, -0.25) is 4.79 Å². The third-order valence-electron chi connectivity index (χ3n) is 6.18. The zero-order valence-electron chi connectivity index (χ0n) is 17.9. The number of fused-ring (bicyclic) bond motifs is 1. The molecule has 0 aliphatic carbocycles. The van der Waals surface area contributed by atoms with E-state index in [1.807, 2.05) is 29.2 Å². The molecule has 0 saturated carbocycles. The van der Waals surface area contributed by atoms with Crippen LogP contribution >= 0.6 is 0 Å². The summed E-state index contributed by atoms with van der Waals surface area (Å²) in [6.07, 6.45) is 3.05. The third-order valence-corrected chi connectivity index (χ3v) is 6.18. The predicted octanol–water partition coefficient (Wildman–Crippen LogP) is 2.29. The summed E-state index contributed by atoms with van der Waals surface area (Å²) >= 11 is 0. The molecule has 1 aromatic carbocycles. The highest BCUT2D eigenvalue weighted by Crippen LogP contribution is 2.30. The van der Waals surface area contributed by atoms with E-state index in [9.17, 15) is 9.90 Å². The van der Waals surface area contributed by atoms with Crippen molar-refractivity contribution in [1.29, 1.82) is 0 Å². The van der Waals surface area contributed by atoms with Crippen LogP contribution in [0.1, 0.15) is 53.9 Å². The number of hydrogen-bond donors (Lipinski definition) is 2. The summed E-state index contributed by atoms with van der Waals surface area (Å²) in [6.45, 7) is 5.69. The van der Waals surface area contributed by atoms with Crippen LogP contribution in [-0.2, 0) is 30.9 Å². The smallest absolute Gasteiger partial charge is 0.219 e. The predicted molar refractivity (Wildman–Crippen MR) is 116 cm³/mol. The van der Waals surface area contributed by atoms with Gasteiger partial charge in [-0.2, -0.15) is 0 Å². The van der Waals surface area contributed by atoms with Crippen LogP contribution < -0.4 is 5.32 Å². The molecule has 2 N–H and O–H groups in total. The van der Waals surface area contributed by atoms with Gasteiger partial charge in [0.15, 0.2) is 0 Å². The molecule has 1 atom stereocenters. The van der Waals surface area contributed by atoms with E-state index in [0.29, 0.717) is 25.6 Å². The minimum absolute atomic E-state index is 0.0488. The zero-order valence-corrected chi connectivity index (χ0v) is 17.9. The van der Waals surface area contributed by atoms with Gasteiger partial charge in [0.1, 0.15) is 11.6 Å². The van der Waals surface area contributed by atoms with Crippen molar-refractivity contribution in [2.45, 2.75) is 51.8 Å². The van der Waals surface area contributed by atoms with Crippen LogP contribution in [0.25, 0.3) is 0 Å². The Morgan fingerprint density at radius 3 is 2.67 bits per heavy atom. The molecular weight excluding hydrogens is 378 g/mol. The Balaban J connectivity index is 1.61. The highest BCUT2D eigenvalue weighted by atomic mass is 16.3. The molecule has 160 valence electrons. The standard InChI is InChI=1S/C23H31N5O2/c1-16(30)28-11-9-21-20(14-28)23(24-12-17-5-7-18(15-29)8-6-17)26-22(25-21)19-4-3-10-27(2)13-19/h5-8,19,29H,3-4,9-15H2,1-2H3,(H,24,25,26)/t19-/m0/s1. The van der Waals surface area contributed by atoms with E-state index in [0.717, 1.165) is 60.0 Å². The van der Waals surface area contributed by atoms with Crippen LogP contribution in [-0.4, -0.2) is 57.5 Å². The number of benzene rings is 1. The summed E-state index contributed by atoms with van der Waals surface area (Å²) in [4.78, 5) is 26.1. The fourth-order valence-electron chi connectivity index (χ4n) is 4.36. The lowest BCUT2D eigenvalue weighted by atomic mass is 9.96. The number of aromatic nitrogens is 2.